The van der Waals surface area contributed by atoms with Gasteiger partial charge < -0.3 is 4.90 Å². The molecule has 0 N–H and O–H groups in total. The van der Waals surface area contributed by atoms with Gasteiger partial charge in [0.2, 0.25) is 5.91 Å². The molecule has 22 heavy (non-hydrogen) atoms. The fourth-order valence-corrected chi connectivity index (χ4v) is 3.44. The summed E-state index contributed by atoms with van der Waals surface area (Å²) in [6.07, 6.45) is 7.42. The Kier molecular flexibility index (Phi) is 4.94. The van der Waals surface area contributed by atoms with Gasteiger partial charge in [0.25, 0.3) is 0 Å². The predicted molar refractivity (Wildman–Crippen MR) is 89.5 cm³/mol. The number of benzene rings is 1. The zero-order valence-electron chi connectivity index (χ0n) is 13.5. The molecule has 1 aromatic rings. The molecule has 0 aromatic heterocycles. The smallest absolute Gasteiger partial charge is 0.223 e. The average Bonchev–Trinajstić information content (AvgIpc) is 3.01. The van der Waals surface area contributed by atoms with Crippen molar-refractivity contribution in [3.8, 4) is 0 Å². The summed E-state index contributed by atoms with van der Waals surface area (Å²) in [5, 5.41) is 0. The van der Waals surface area contributed by atoms with Crippen molar-refractivity contribution in [3.63, 3.8) is 0 Å². The van der Waals surface area contributed by atoms with Crippen molar-refractivity contribution in [2.75, 3.05) is 26.2 Å². The minimum absolute atomic E-state index is 0.340. The third-order valence-corrected chi connectivity index (χ3v) is 4.76. The standard InChI is InChI=1S/C19H26N2O/c1-16-5-4-8-18(13-16)15-20-9-11-21(12-10-20)19(22)14-17-6-2-3-7-17/h2,4-6,8,13,17H,3,7,9-12,14-15H2,1H3/t17-/m0/s1. The number of aryl methyl sites for hydroxylation is 1. The van der Waals surface area contributed by atoms with E-state index in [1.165, 1.54) is 11.1 Å². The van der Waals surface area contributed by atoms with E-state index in [9.17, 15) is 4.79 Å². The van der Waals surface area contributed by atoms with Crippen LogP contribution in [0.15, 0.2) is 36.4 Å². The Bertz CT molecular complexity index is 544. The fraction of sp³-hybridized carbons (Fsp3) is 0.526. The van der Waals surface area contributed by atoms with Gasteiger partial charge in [-0.15, -0.1) is 0 Å². The van der Waals surface area contributed by atoms with Gasteiger partial charge in [0.15, 0.2) is 0 Å². The Morgan fingerprint density at radius 1 is 1.23 bits per heavy atom. The van der Waals surface area contributed by atoms with Crippen molar-refractivity contribution in [1.82, 2.24) is 9.80 Å². The summed E-state index contributed by atoms with van der Waals surface area (Å²) in [5.41, 5.74) is 2.69. The molecule has 2 aliphatic rings. The molecular weight excluding hydrogens is 272 g/mol. The van der Waals surface area contributed by atoms with E-state index in [0.717, 1.165) is 45.6 Å². The highest BCUT2D eigenvalue weighted by Gasteiger charge is 2.23. The topological polar surface area (TPSA) is 23.6 Å². The summed E-state index contributed by atoms with van der Waals surface area (Å²) >= 11 is 0. The lowest BCUT2D eigenvalue weighted by Crippen LogP contribution is -2.48. The van der Waals surface area contributed by atoms with Gasteiger partial charge in [-0.2, -0.15) is 0 Å². The van der Waals surface area contributed by atoms with Crippen molar-refractivity contribution in [2.45, 2.75) is 32.7 Å². The highest BCUT2D eigenvalue weighted by atomic mass is 16.2. The number of piperazine rings is 1. The van der Waals surface area contributed by atoms with Crippen LogP contribution in [0.2, 0.25) is 0 Å². The van der Waals surface area contributed by atoms with E-state index in [-0.39, 0.29) is 0 Å². The molecule has 0 radical (unpaired) electrons. The largest absolute Gasteiger partial charge is 0.340 e. The summed E-state index contributed by atoms with van der Waals surface area (Å²) < 4.78 is 0. The van der Waals surface area contributed by atoms with E-state index < -0.39 is 0 Å². The molecule has 0 saturated carbocycles. The van der Waals surface area contributed by atoms with Gasteiger partial charge >= 0.3 is 0 Å². The summed E-state index contributed by atoms with van der Waals surface area (Å²) in [7, 11) is 0. The molecule has 0 bridgehead atoms. The first-order chi connectivity index (χ1) is 10.7. The van der Waals surface area contributed by atoms with Gasteiger partial charge in [-0.05, 0) is 31.2 Å². The molecule has 3 nitrogen and oxygen atoms in total. The van der Waals surface area contributed by atoms with Crippen LogP contribution < -0.4 is 0 Å². The maximum Gasteiger partial charge on any atom is 0.223 e. The molecule has 1 amide bonds. The van der Waals surface area contributed by atoms with Gasteiger partial charge in [-0.25, -0.2) is 0 Å². The van der Waals surface area contributed by atoms with Gasteiger partial charge in [-0.1, -0.05) is 42.0 Å². The van der Waals surface area contributed by atoms with Gasteiger partial charge in [0.1, 0.15) is 0 Å². The number of amides is 1. The normalized spacial score (nSPS) is 22.2. The molecule has 0 unspecified atom stereocenters. The summed E-state index contributed by atoms with van der Waals surface area (Å²) in [5.74, 6) is 0.824. The van der Waals surface area contributed by atoms with Crippen LogP contribution in [0.4, 0.5) is 0 Å². The highest BCUT2D eigenvalue weighted by molar-refractivity contribution is 5.76. The van der Waals surface area contributed by atoms with E-state index in [4.69, 9.17) is 0 Å². The summed E-state index contributed by atoms with van der Waals surface area (Å²) in [6, 6.07) is 8.71. The van der Waals surface area contributed by atoms with E-state index in [1.807, 2.05) is 0 Å². The second-order valence-corrected chi connectivity index (χ2v) is 6.62. The predicted octanol–water partition coefficient (Wildman–Crippen LogP) is 3.00. The molecule has 0 spiro atoms. The molecule has 3 heteroatoms. The SMILES string of the molecule is Cc1cccc(CN2CCN(C(=O)C[C@H]3C=CCC3)CC2)c1. The third kappa shape index (κ3) is 3.98. The van der Waals surface area contributed by atoms with Gasteiger partial charge in [-0.3, -0.25) is 9.69 Å². The third-order valence-electron chi connectivity index (χ3n) is 4.76. The van der Waals surface area contributed by atoms with Crippen LogP contribution in [0.1, 0.15) is 30.4 Å². The molecule has 1 atom stereocenters. The molecule has 3 rings (SSSR count). The zero-order chi connectivity index (χ0) is 15.4. The molecule has 1 aliphatic carbocycles. The van der Waals surface area contributed by atoms with Crippen molar-refractivity contribution in [2.24, 2.45) is 5.92 Å². The number of nitrogens with zero attached hydrogens (tertiary/aromatic N) is 2. The minimum atomic E-state index is 0.340. The van der Waals surface area contributed by atoms with Gasteiger partial charge in [0.05, 0.1) is 0 Å². The maximum absolute atomic E-state index is 12.3. The van der Waals surface area contributed by atoms with Crippen LogP contribution >= 0.6 is 0 Å². The number of rotatable bonds is 4. The Morgan fingerprint density at radius 2 is 2.05 bits per heavy atom. The van der Waals surface area contributed by atoms with Crippen LogP contribution in [0.3, 0.4) is 0 Å². The first-order valence-electron chi connectivity index (χ1n) is 8.43. The van der Waals surface area contributed by atoms with Crippen LogP contribution in [0.5, 0.6) is 0 Å². The van der Waals surface area contributed by atoms with Crippen molar-refractivity contribution in [1.29, 1.82) is 0 Å². The Balaban J connectivity index is 1.45. The van der Waals surface area contributed by atoms with Crippen LogP contribution in [-0.2, 0) is 11.3 Å². The lowest BCUT2D eigenvalue weighted by atomic mass is 10.0. The lowest BCUT2D eigenvalue weighted by Gasteiger charge is -2.35. The summed E-state index contributed by atoms with van der Waals surface area (Å²) in [6.45, 7) is 6.86. The maximum atomic E-state index is 12.3. The van der Waals surface area contributed by atoms with Crippen molar-refractivity contribution < 1.29 is 4.79 Å². The quantitative estimate of drug-likeness (QED) is 0.798. The number of carbonyl (C=O) groups excluding carboxylic acids is 1. The Morgan fingerprint density at radius 3 is 2.73 bits per heavy atom. The monoisotopic (exact) mass is 298 g/mol. The zero-order valence-corrected chi connectivity index (χ0v) is 13.5. The number of hydrogen-bond donors (Lipinski definition) is 0. The number of hydrogen-bond acceptors (Lipinski definition) is 2. The average molecular weight is 298 g/mol. The van der Waals surface area contributed by atoms with Crippen LogP contribution in [0, 0.1) is 12.8 Å². The first kappa shape index (κ1) is 15.3. The molecule has 1 saturated heterocycles. The van der Waals surface area contributed by atoms with Gasteiger partial charge in [0, 0.05) is 39.1 Å². The minimum Gasteiger partial charge on any atom is -0.340 e. The second-order valence-electron chi connectivity index (χ2n) is 6.62. The number of allylic oxidation sites excluding steroid dienone is 2. The van der Waals surface area contributed by atoms with Crippen molar-refractivity contribution >= 4 is 5.91 Å². The molecule has 118 valence electrons. The van der Waals surface area contributed by atoms with Crippen molar-refractivity contribution in [3.05, 3.63) is 47.5 Å². The van der Waals surface area contributed by atoms with E-state index in [0.29, 0.717) is 18.2 Å². The van der Waals surface area contributed by atoms with Crippen LogP contribution in [-0.4, -0.2) is 41.9 Å². The summed E-state index contributed by atoms with van der Waals surface area (Å²) in [4.78, 5) is 16.8. The number of carbonyl (C=O) groups is 1. The molecule has 1 aliphatic heterocycles. The lowest BCUT2D eigenvalue weighted by molar-refractivity contribution is -0.133. The Labute approximate surface area is 133 Å². The van der Waals surface area contributed by atoms with Crippen LogP contribution in [0.25, 0.3) is 0 Å². The molecular formula is C19H26N2O. The molecule has 1 heterocycles. The Hall–Kier alpha value is -1.61. The van der Waals surface area contributed by atoms with E-state index in [1.54, 1.807) is 0 Å². The second kappa shape index (κ2) is 7.10. The first-order valence-corrected chi connectivity index (χ1v) is 8.43. The highest BCUT2D eigenvalue weighted by Crippen LogP contribution is 2.21. The van der Waals surface area contributed by atoms with E-state index >= 15 is 0 Å². The van der Waals surface area contributed by atoms with E-state index in [2.05, 4.69) is 53.1 Å². The molecule has 1 aromatic carbocycles. The molecule has 1 fully saturated rings. The fourth-order valence-electron chi connectivity index (χ4n) is 3.44.